The maximum atomic E-state index is 13.1. The van der Waals surface area contributed by atoms with Gasteiger partial charge in [0.1, 0.15) is 16.2 Å². The van der Waals surface area contributed by atoms with Crippen LogP contribution in [-0.2, 0) is 19.7 Å². The van der Waals surface area contributed by atoms with Gasteiger partial charge in [-0.1, -0.05) is 51.8 Å². The van der Waals surface area contributed by atoms with E-state index in [9.17, 15) is 22.8 Å². The molecule has 1 heterocycles. The Bertz CT molecular complexity index is 1430. The molecule has 0 spiro atoms. The van der Waals surface area contributed by atoms with Crippen LogP contribution in [0.3, 0.4) is 0 Å². The predicted octanol–water partition coefficient (Wildman–Crippen LogP) is 4.19. The highest BCUT2D eigenvalue weighted by Gasteiger charge is 2.37. The second kappa shape index (κ2) is 9.24. The van der Waals surface area contributed by atoms with Gasteiger partial charge in [0, 0.05) is 10.0 Å². The molecule has 1 fully saturated rings. The number of urea groups is 1. The molecule has 3 aromatic rings. The molecule has 0 bridgehead atoms. The van der Waals surface area contributed by atoms with Crippen molar-refractivity contribution < 1.29 is 27.0 Å². The van der Waals surface area contributed by atoms with E-state index >= 15 is 0 Å². The van der Waals surface area contributed by atoms with Gasteiger partial charge in [-0.3, -0.25) is 14.9 Å². The quantitative estimate of drug-likeness (QED) is 0.295. The van der Waals surface area contributed by atoms with Crippen LogP contribution in [0.15, 0.2) is 87.7 Å². The van der Waals surface area contributed by atoms with Crippen LogP contribution in [0.25, 0.3) is 6.08 Å². The van der Waals surface area contributed by atoms with Crippen molar-refractivity contribution in [1.82, 2.24) is 5.32 Å². The lowest BCUT2D eigenvalue weighted by Crippen LogP contribution is -2.54. The summed E-state index contributed by atoms with van der Waals surface area (Å²) >= 11 is 3.29. The highest BCUT2D eigenvalue weighted by molar-refractivity contribution is 9.10. The lowest BCUT2D eigenvalue weighted by atomic mass is 10.1. The molecule has 4 rings (SSSR count). The molecular formula is C24H17BrN2O6S. The normalized spacial score (nSPS) is 15.4. The molecule has 10 heteroatoms. The van der Waals surface area contributed by atoms with Gasteiger partial charge in [-0.15, -0.1) is 0 Å². The summed E-state index contributed by atoms with van der Waals surface area (Å²) in [5.41, 5.74) is 0.958. The van der Waals surface area contributed by atoms with Gasteiger partial charge in [0.15, 0.2) is 0 Å². The molecule has 0 atom stereocenters. The molecule has 1 saturated heterocycles. The summed E-state index contributed by atoms with van der Waals surface area (Å²) in [6.45, 7) is 1.83. The first kappa shape index (κ1) is 23.4. The monoisotopic (exact) mass is 540 g/mol. The number of rotatable bonds is 5. The van der Waals surface area contributed by atoms with Gasteiger partial charge in [0.25, 0.3) is 11.8 Å². The number of nitrogens with one attached hydrogen (secondary N) is 1. The van der Waals surface area contributed by atoms with Crippen molar-refractivity contribution in [1.29, 1.82) is 0 Å². The van der Waals surface area contributed by atoms with Gasteiger partial charge in [0.05, 0.1) is 5.69 Å². The summed E-state index contributed by atoms with van der Waals surface area (Å²) in [7, 11) is -4.17. The van der Waals surface area contributed by atoms with Crippen molar-refractivity contribution in [3.05, 3.63) is 94.0 Å². The molecule has 0 unspecified atom stereocenters. The van der Waals surface area contributed by atoms with Crippen molar-refractivity contribution in [2.45, 2.75) is 11.8 Å². The number of nitrogens with zero attached hydrogens (tertiary/aromatic N) is 1. The van der Waals surface area contributed by atoms with Crippen LogP contribution in [-0.4, -0.2) is 26.3 Å². The molecule has 4 amide bonds. The summed E-state index contributed by atoms with van der Waals surface area (Å²) in [5.74, 6) is -1.84. The molecule has 34 heavy (non-hydrogen) atoms. The number of barbiturate groups is 1. The van der Waals surface area contributed by atoms with Crippen molar-refractivity contribution in [2.24, 2.45) is 0 Å². The highest BCUT2D eigenvalue weighted by Crippen LogP contribution is 2.28. The molecule has 172 valence electrons. The number of hydrogen-bond donors (Lipinski definition) is 1. The fourth-order valence-electron chi connectivity index (χ4n) is 3.18. The van der Waals surface area contributed by atoms with Crippen LogP contribution >= 0.6 is 15.9 Å². The Morgan fingerprint density at radius 3 is 2.24 bits per heavy atom. The van der Waals surface area contributed by atoms with Crippen molar-refractivity contribution >= 4 is 55.7 Å². The zero-order valence-electron chi connectivity index (χ0n) is 17.7. The number of carbonyl (C=O) groups is 3. The molecule has 3 aromatic carbocycles. The molecule has 0 aliphatic carbocycles. The summed E-state index contributed by atoms with van der Waals surface area (Å²) in [6.07, 6.45) is 1.19. The second-order valence-electron chi connectivity index (χ2n) is 7.32. The third-order valence-electron chi connectivity index (χ3n) is 4.91. The highest BCUT2D eigenvalue weighted by atomic mass is 79.9. The minimum absolute atomic E-state index is 0.0425. The Kier molecular flexibility index (Phi) is 6.36. The summed E-state index contributed by atoms with van der Waals surface area (Å²) in [4.78, 5) is 38.7. The average molecular weight is 541 g/mol. The molecule has 1 aliphatic rings. The average Bonchev–Trinajstić information content (AvgIpc) is 2.79. The van der Waals surface area contributed by atoms with E-state index in [4.69, 9.17) is 4.18 Å². The standard InChI is InChI=1S/C24H17BrN2O6S/c1-15-6-12-19(13-7-15)34(31,32)33-21-5-3-2-4-16(21)14-20-22(28)26-24(30)27(23(20)29)18-10-8-17(25)9-11-18/h2-14H,1H3,(H,26,28,30)/b20-14+. The van der Waals surface area contributed by atoms with Gasteiger partial charge >= 0.3 is 16.1 Å². The molecular weight excluding hydrogens is 524 g/mol. The van der Waals surface area contributed by atoms with Gasteiger partial charge in [-0.2, -0.15) is 8.42 Å². The number of imide groups is 2. The van der Waals surface area contributed by atoms with Crippen LogP contribution < -0.4 is 14.4 Å². The lowest BCUT2D eigenvalue weighted by Gasteiger charge is -2.26. The van der Waals surface area contributed by atoms with E-state index in [0.29, 0.717) is 0 Å². The van der Waals surface area contributed by atoms with E-state index < -0.39 is 28.0 Å². The lowest BCUT2D eigenvalue weighted by molar-refractivity contribution is -0.122. The van der Waals surface area contributed by atoms with Crippen molar-refractivity contribution in [3.63, 3.8) is 0 Å². The first-order valence-corrected chi connectivity index (χ1v) is 12.1. The van der Waals surface area contributed by atoms with Gasteiger partial charge < -0.3 is 4.18 Å². The molecule has 1 aliphatic heterocycles. The number of hydrogen-bond acceptors (Lipinski definition) is 6. The van der Waals surface area contributed by atoms with Gasteiger partial charge in [-0.05, 0) is 55.5 Å². The van der Waals surface area contributed by atoms with Crippen LogP contribution in [0.4, 0.5) is 10.5 Å². The topological polar surface area (TPSA) is 110 Å². The van der Waals surface area contributed by atoms with Crippen LogP contribution in [0, 0.1) is 6.92 Å². The second-order valence-corrected chi connectivity index (χ2v) is 9.78. The van der Waals surface area contributed by atoms with Crippen molar-refractivity contribution in [3.8, 4) is 5.75 Å². The number of anilines is 1. The van der Waals surface area contributed by atoms with Gasteiger partial charge in [-0.25, -0.2) is 9.69 Å². The number of halogens is 1. The molecule has 0 saturated carbocycles. The Morgan fingerprint density at radius 1 is 0.912 bits per heavy atom. The Morgan fingerprint density at radius 2 is 1.56 bits per heavy atom. The van der Waals surface area contributed by atoms with E-state index in [1.54, 1.807) is 48.5 Å². The SMILES string of the molecule is Cc1ccc(S(=O)(=O)Oc2ccccc2/C=C2\C(=O)NC(=O)N(c3ccc(Br)cc3)C2=O)cc1. The largest absolute Gasteiger partial charge is 0.378 e. The van der Waals surface area contributed by atoms with Crippen LogP contribution in [0.5, 0.6) is 5.75 Å². The smallest absolute Gasteiger partial charge is 0.339 e. The summed E-state index contributed by atoms with van der Waals surface area (Å²) in [5, 5.41) is 2.13. The molecule has 8 nitrogen and oxygen atoms in total. The first-order valence-electron chi connectivity index (χ1n) is 9.93. The fraction of sp³-hybridized carbons (Fsp3) is 0.0417. The molecule has 0 radical (unpaired) electrons. The number of benzene rings is 3. The number of carbonyl (C=O) groups excluding carboxylic acids is 3. The first-order chi connectivity index (χ1) is 16.2. The van der Waals surface area contributed by atoms with Crippen molar-refractivity contribution in [2.75, 3.05) is 4.90 Å². The van der Waals surface area contributed by atoms with Gasteiger partial charge in [0.2, 0.25) is 0 Å². The van der Waals surface area contributed by atoms with Crippen LogP contribution in [0.1, 0.15) is 11.1 Å². The Hall–Kier alpha value is -3.76. The van der Waals surface area contributed by atoms with E-state index in [0.717, 1.165) is 14.9 Å². The summed E-state index contributed by atoms with van der Waals surface area (Å²) < 4.78 is 31.6. The molecule has 1 N–H and O–H groups in total. The number of para-hydroxylation sites is 1. The third-order valence-corrected chi connectivity index (χ3v) is 6.69. The van der Waals surface area contributed by atoms with E-state index in [2.05, 4.69) is 21.2 Å². The zero-order valence-corrected chi connectivity index (χ0v) is 20.1. The minimum Gasteiger partial charge on any atom is -0.378 e. The molecule has 0 aromatic heterocycles. The van der Waals surface area contributed by atoms with E-state index in [1.165, 1.54) is 30.3 Å². The van der Waals surface area contributed by atoms with Crippen LogP contribution in [0.2, 0.25) is 0 Å². The van der Waals surface area contributed by atoms with E-state index in [1.807, 2.05) is 6.92 Å². The minimum atomic E-state index is -4.17. The number of amides is 4. The summed E-state index contributed by atoms with van der Waals surface area (Å²) in [6, 6.07) is 17.7. The number of aryl methyl sites for hydroxylation is 1. The maximum absolute atomic E-state index is 13.1. The van der Waals surface area contributed by atoms with E-state index in [-0.39, 0.29) is 27.5 Å². The zero-order chi connectivity index (χ0) is 24.5. The third kappa shape index (κ3) is 4.78. The Labute approximate surface area is 204 Å². The Balaban J connectivity index is 1.70. The maximum Gasteiger partial charge on any atom is 0.339 e. The fourth-order valence-corrected chi connectivity index (χ4v) is 4.40. The predicted molar refractivity (Wildman–Crippen MR) is 129 cm³/mol.